The average Bonchev–Trinajstić information content (AvgIpc) is 2.67. The summed E-state index contributed by atoms with van der Waals surface area (Å²) in [5.41, 5.74) is 5.81. The van der Waals surface area contributed by atoms with Crippen LogP contribution >= 0.6 is 0 Å². The van der Waals surface area contributed by atoms with Crippen molar-refractivity contribution in [2.24, 2.45) is 23.5 Å². The second kappa shape index (κ2) is 13.7. The lowest BCUT2D eigenvalue weighted by Crippen LogP contribution is -2.59. The Morgan fingerprint density at radius 2 is 1.34 bits per heavy atom. The first-order chi connectivity index (χ1) is 14.7. The predicted octanol–water partition coefficient (Wildman–Crippen LogP) is 0.0756. The van der Waals surface area contributed by atoms with Crippen LogP contribution in [0.15, 0.2) is 0 Å². The lowest BCUT2D eigenvalue weighted by Gasteiger charge is -2.28. The molecule has 0 rings (SSSR count). The van der Waals surface area contributed by atoms with E-state index in [9.17, 15) is 29.1 Å². The summed E-state index contributed by atoms with van der Waals surface area (Å²) in [5.74, 6) is -5.44. The number of rotatable bonds is 14. The molecule has 5 unspecified atom stereocenters. The highest BCUT2D eigenvalue weighted by Crippen LogP contribution is 2.11. The fourth-order valence-corrected chi connectivity index (χ4v) is 2.99. The van der Waals surface area contributed by atoms with E-state index >= 15 is 0 Å². The molecule has 0 radical (unpaired) electrons. The van der Waals surface area contributed by atoms with Crippen molar-refractivity contribution in [2.75, 3.05) is 0 Å². The molecule has 0 fully saturated rings. The summed E-state index contributed by atoms with van der Waals surface area (Å²) in [7, 11) is 0. The summed E-state index contributed by atoms with van der Waals surface area (Å²) in [6, 6.07) is -4.65. The van der Waals surface area contributed by atoms with Gasteiger partial charge in [0.05, 0.1) is 12.5 Å². The third-order valence-electron chi connectivity index (χ3n) is 5.10. The molecule has 0 saturated carbocycles. The molecule has 0 spiro atoms. The van der Waals surface area contributed by atoms with Crippen LogP contribution in [0.2, 0.25) is 0 Å². The summed E-state index contributed by atoms with van der Waals surface area (Å²) in [4.78, 5) is 60.5. The highest BCUT2D eigenvalue weighted by Gasteiger charge is 2.34. The minimum Gasteiger partial charge on any atom is -0.481 e. The van der Waals surface area contributed by atoms with Gasteiger partial charge in [-0.3, -0.25) is 19.2 Å². The van der Waals surface area contributed by atoms with Crippen molar-refractivity contribution in [1.29, 1.82) is 0 Å². The Hall–Kier alpha value is -2.69. The Labute approximate surface area is 188 Å². The lowest BCUT2D eigenvalue weighted by molar-refractivity contribution is -0.144. The van der Waals surface area contributed by atoms with Crippen LogP contribution in [0.5, 0.6) is 0 Å². The second-order valence-corrected chi connectivity index (χ2v) is 8.84. The second-order valence-electron chi connectivity index (χ2n) is 8.84. The SMILES string of the molecule is CCC(C)C(NC(=O)C(NC(=O)C(CC(=O)O)NC(=O)C(N)CC(C)C)C(C)C)C(=O)O. The molecule has 0 saturated heterocycles. The van der Waals surface area contributed by atoms with Gasteiger partial charge in [-0.05, 0) is 24.2 Å². The van der Waals surface area contributed by atoms with E-state index in [0.29, 0.717) is 12.8 Å². The number of amides is 3. The Morgan fingerprint density at radius 3 is 1.75 bits per heavy atom. The highest BCUT2D eigenvalue weighted by atomic mass is 16.4. The van der Waals surface area contributed by atoms with E-state index in [2.05, 4.69) is 16.0 Å². The zero-order valence-corrected chi connectivity index (χ0v) is 19.7. The van der Waals surface area contributed by atoms with Crippen LogP contribution < -0.4 is 21.7 Å². The number of aliphatic carboxylic acids is 2. The normalized spacial score (nSPS) is 15.9. The van der Waals surface area contributed by atoms with E-state index in [-0.39, 0.29) is 11.8 Å². The molecular formula is C21H38N4O7. The van der Waals surface area contributed by atoms with Crippen LogP contribution in [0.3, 0.4) is 0 Å². The minimum atomic E-state index is -1.45. The number of hydrogen-bond donors (Lipinski definition) is 6. The average molecular weight is 459 g/mol. The van der Waals surface area contributed by atoms with Crippen LogP contribution in [0.1, 0.15) is 60.8 Å². The predicted molar refractivity (Wildman–Crippen MR) is 117 cm³/mol. The molecular weight excluding hydrogens is 420 g/mol. The Kier molecular flexibility index (Phi) is 12.5. The number of carboxylic acids is 2. The molecule has 0 aliphatic carbocycles. The molecule has 184 valence electrons. The summed E-state index contributed by atoms with van der Waals surface area (Å²) in [5, 5.41) is 25.8. The largest absolute Gasteiger partial charge is 0.481 e. The molecule has 0 heterocycles. The van der Waals surface area contributed by atoms with Gasteiger partial charge < -0.3 is 31.9 Å². The number of nitrogens with one attached hydrogen (secondary N) is 3. The molecule has 7 N–H and O–H groups in total. The third-order valence-corrected chi connectivity index (χ3v) is 5.10. The van der Waals surface area contributed by atoms with Crippen LogP contribution in [0.4, 0.5) is 0 Å². The van der Waals surface area contributed by atoms with Crippen molar-refractivity contribution in [2.45, 2.75) is 85.0 Å². The number of carbonyl (C=O) groups is 5. The minimum absolute atomic E-state index is 0.115. The standard InChI is InChI=1S/C21H38N4O7/c1-7-12(6)17(21(31)32)25-20(30)16(11(4)5)24-19(29)14(9-15(26)27)23-18(28)13(22)8-10(2)3/h10-14,16-17H,7-9,22H2,1-6H3,(H,23,28)(H,24,29)(H,25,30)(H,26,27)(H,31,32). The maximum absolute atomic E-state index is 12.8. The van der Waals surface area contributed by atoms with Crippen molar-refractivity contribution in [3.63, 3.8) is 0 Å². The van der Waals surface area contributed by atoms with Crippen LogP contribution in [-0.4, -0.2) is 64.0 Å². The van der Waals surface area contributed by atoms with Crippen molar-refractivity contribution in [3.8, 4) is 0 Å². The molecule has 0 aliphatic heterocycles. The van der Waals surface area contributed by atoms with Crippen LogP contribution in [0, 0.1) is 17.8 Å². The maximum atomic E-state index is 12.8. The molecule has 11 nitrogen and oxygen atoms in total. The van der Waals surface area contributed by atoms with Gasteiger partial charge in [-0.25, -0.2) is 4.79 Å². The van der Waals surface area contributed by atoms with Gasteiger partial charge in [0.15, 0.2) is 0 Å². The third kappa shape index (κ3) is 10.1. The van der Waals surface area contributed by atoms with E-state index < -0.39 is 66.2 Å². The smallest absolute Gasteiger partial charge is 0.326 e. The molecule has 32 heavy (non-hydrogen) atoms. The van der Waals surface area contributed by atoms with Crippen molar-refractivity contribution in [3.05, 3.63) is 0 Å². The fourth-order valence-electron chi connectivity index (χ4n) is 2.99. The molecule has 5 atom stereocenters. The summed E-state index contributed by atoms with van der Waals surface area (Å²) >= 11 is 0. The zero-order valence-electron chi connectivity index (χ0n) is 19.7. The highest BCUT2D eigenvalue weighted by molar-refractivity contribution is 5.95. The fraction of sp³-hybridized carbons (Fsp3) is 0.762. The van der Waals surface area contributed by atoms with Crippen molar-refractivity contribution in [1.82, 2.24) is 16.0 Å². The van der Waals surface area contributed by atoms with E-state index in [1.165, 1.54) is 0 Å². The van der Waals surface area contributed by atoms with Gasteiger partial charge in [-0.15, -0.1) is 0 Å². The summed E-state index contributed by atoms with van der Waals surface area (Å²) in [6.45, 7) is 10.5. The van der Waals surface area contributed by atoms with E-state index in [0.717, 1.165) is 0 Å². The number of carboxylic acid groups (broad SMARTS) is 2. The van der Waals surface area contributed by atoms with Crippen LogP contribution in [-0.2, 0) is 24.0 Å². The maximum Gasteiger partial charge on any atom is 0.326 e. The monoisotopic (exact) mass is 458 g/mol. The lowest BCUT2D eigenvalue weighted by atomic mass is 9.97. The molecule has 3 amide bonds. The Balaban J connectivity index is 5.48. The van der Waals surface area contributed by atoms with Gasteiger partial charge in [0, 0.05) is 0 Å². The summed E-state index contributed by atoms with van der Waals surface area (Å²) < 4.78 is 0. The molecule has 0 aromatic carbocycles. The van der Waals surface area contributed by atoms with E-state index in [4.69, 9.17) is 10.8 Å². The Bertz CT molecular complexity index is 681. The number of hydrogen-bond acceptors (Lipinski definition) is 6. The van der Waals surface area contributed by atoms with Crippen molar-refractivity contribution < 1.29 is 34.2 Å². The van der Waals surface area contributed by atoms with E-state index in [1.54, 1.807) is 27.7 Å². The van der Waals surface area contributed by atoms with Gasteiger partial charge in [0.25, 0.3) is 0 Å². The summed E-state index contributed by atoms with van der Waals surface area (Å²) in [6.07, 6.45) is 0.152. The molecule has 11 heteroatoms. The molecule has 0 aromatic heterocycles. The topological polar surface area (TPSA) is 188 Å². The number of nitrogens with two attached hydrogens (primary N) is 1. The van der Waals surface area contributed by atoms with Gasteiger partial charge >= 0.3 is 11.9 Å². The molecule has 0 aliphatic rings. The van der Waals surface area contributed by atoms with Crippen molar-refractivity contribution >= 4 is 29.7 Å². The van der Waals surface area contributed by atoms with E-state index in [1.807, 2.05) is 13.8 Å². The number of carbonyl (C=O) groups excluding carboxylic acids is 3. The first kappa shape index (κ1) is 29.3. The van der Waals surface area contributed by atoms with Gasteiger partial charge in [-0.2, -0.15) is 0 Å². The first-order valence-corrected chi connectivity index (χ1v) is 10.8. The van der Waals surface area contributed by atoms with Crippen LogP contribution in [0.25, 0.3) is 0 Å². The van der Waals surface area contributed by atoms with Gasteiger partial charge in [0.1, 0.15) is 18.1 Å². The zero-order chi connectivity index (χ0) is 25.2. The van der Waals surface area contributed by atoms with Gasteiger partial charge in [0.2, 0.25) is 17.7 Å². The molecule has 0 bridgehead atoms. The van der Waals surface area contributed by atoms with Gasteiger partial charge in [-0.1, -0.05) is 48.0 Å². The quantitative estimate of drug-likeness (QED) is 0.211. The molecule has 0 aromatic rings. The Morgan fingerprint density at radius 1 is 0.812 bits per heavy atom. The first-order valence-electron chi connectivity index (χ1n) is 10.8.